The molecule has 1 aromatic carbocycles. The van der Waals surface area contributed by atoms with Gasteiger partial charge in [0.05, 0.1) is 22.5 Å². The van der Waals surface area contributed by atoms with Crippen LogP contribution in [0, 0.1) is 0 Å². The minimum absolute atomic E-state index is 0.172. The van der Waals surface area contributed by atoms with E-state index in [1.165, 1.54) is 23.1 Å². The molecule has 0 aliphatic rings. The summed E-state index contributed by atoms with van der Waals surface area (Å²) in [5.41, 5.74) is 5.78. The molecule has 106 valence electrons. The van der Waals surface area contributed by atoms with Crippen LogP contribution >= 0.6 is 23.1 Å². The molecular weight excluding hydrogens is 298 g/mol. The van der Waals surface area contributed by atoms with Gasteiger partial charge in [0.15, 0.2) is 4.34 Å². The Labute approximate surface area is 123 Å². The topological polar surface area (TPSA) is 105 Å². The molecule has 8 heteroatoms. The molecule has 0 aliphatic heterocycles. The number of thioether (sulfide) groups is 1. The Morgan fingerprint density at radius 3 is 2.90 bits per heavy atom. The molecule has 0 fully saturated rings. The molecule has 1 unspecified atom stereocenters. The summed E-state index contributed by atoms with van der Waals surface area (Å²) in [5, 5.41) is 11.6. The predicted octanol–water partition coefficient (Wildman–Crippen LogP) is 0.351. The quantitative estimate of drug-likeness (QED) is 0.668. The molecule has 2 rings (SSSR count). The molecule has 0 saturated carbocycles. The highest BCUT2D eigenvalue weighted by molar-refractivity contribution is 8.01. The van der Waals surface area contributed by atoms with Gasteiger partial charge in [-0.25, -0.2) is 4.98 Å². The number of hydrogen-bond acceptors (Lipinski definition) is 6. The van der Waals surface area contributed by atoms with E-state index in [9.17, 15) is 9.59 Å². The Bertz CT molecular complexity index is 596. The van der Waals surface area contributed by atoms with Gasteiger partial charge < -0.3 is 16.2 Å². The number of carbonyl (C=O) groups is 2. The van der Waals surface area contributed by atoms with Crippen LogP contribution in [0.2, 0.25) is 0 Å². The maximum Gasteiger partial charge on any atom is 0.248 e. The average Bonchev–Trinajstić information content (AvgIpc) is 2.85. The maximum atomic E-state index is 11.5. The predicted molar refractivity (Wildman–Crippen MR) is 78.6 cm³/mol. The molecule has 2 aromatic rings. The molecule has 2 amide bonds. The van der Waals surface area contributed by atoms with Crippen LogP contribution in [0.4, 0.5) is 0 Å². The molecule has 0 spiro atoms. The lowest BCUT2D eigenvalue weighted by atomic mass is 10.3. The zero-order valence-electron chi connectivity index (χ0n) is 10.4. The first-order valence-electron chi connectivity index (χ1n) is 5.78. The molecule has 6 nitrogen and oxygen atoms in total. The number of amides is 2. The van der Waals surface area contributed by atoms with E-state index >= 15 is 0 Å². The van der Waals surface area contributed by atoms with Crippen LogP contribution in [-0.4, -0.2) is 40.3 Å². The summed E-state index contributed by atoms with van der Waals surface area (Å²) in [6.45, 7) is -0.172. The number of nitrogens with zero attached hydrogens (tertiary/aromatic N) is 1. The number of para-hydroxylation sites is 1. The number of hydrogen-bond donors (Lipinski definition) is 3. The summed E-state index contributed by atoms with van der Waals surface area (Å²) in [6, 6.07) is 7.74. The molecule has 1 aromatic heterocycles. The van der Waals surface area contributed by atoms with Crippen molar-refractivity contribution in [3.8, 4) is 0 Å². The van der Waals surface area contributed by atoms with Gasteiger partial charge in [-0.1, -0.05) is 23.9 Å². The van der Waals surface area contributed by atoms with E-state index in [0.29, 0.717) is 0 Å². The van der Waals surface area contributed by atoms with Crippen molar-refractivity contribution < 1.29 is 14.7 Å². The molecule has 0 radical (unpaired) electrons. The number of thiazole rings is 1. The molecule has 0 bridgehead atoms. The Morgan fingerprint density at radius 2 is 2.20 bits per heavy atom. The van der Waals surface area contributed by atoms with E-state index in [4.69, 9.17) is 10.8 Å². The number of nitrogens with two attached hydrogens (primary N) is 1. The molecular formula is C12H13N3O3S2. The highest BCUT2D eigenvalue weighted by atomic mass is 32.2. The van der Waals surface area contributed by atoms with Gasteiger partial charge in [0.2, 0.25) is 11.8 Å². The average molecular weight is 311 g/mol. The molecule has 0 saturated heterocycles. The first kappa shape index (κ1) is 14.8. The zero-order chi connectivity index (χ0) is 14.5. The Kier molecular flexibility index (Phi) is 4.94. The second-order valence-corrected chi connectivity index (χ2v) is 6.21. The number of aromatic nitrogens is 1. The monoisotopic (exact) mass is 311 g/mol. The van der Waals surface area contributed by atoms with Crippen molar-refractivity contribution in [2.75, 3.05) is 12.3 Å². The summed E-state index contributed by atoms with van der Waals surface area (Å²) in [6.07, 6.45) is -1.36. The molecule has 0 aliphatic carbocycles. The summed E-state index contributed by atoms with van der Waals surface area (Å²) in [4.78, 5) is 26.5. The number of fused-ring (bicyclic) bond motifs is 1. The summed E-state index contributed by atoms with van der Waals surface area (Å²) >= 11 is 2.83. The van der Waals surface area contributed by atoms with Crippen LogP contribution in [0.15, 0.2) is 28.6 Å². The Hall–Kier alpha value is -1.64. The molecule has 20 heavy (non-hydrogen) atoms. The third kappa shape index (κ3) is 3.92. The van der Waals surface area contributed by atoms with E-state index in [1.54, 1.807) is 0 Å². The standard InChI is InChI=1S/C12H13N3O3S2/c13-11(18)8(16)5-14-10(17)6-19-12-15-7-3-1-2-4-9(7)20-12/h1-4,8,16H,5-6H2,(H2,13,18)(H,14,17). The van der Waals surface area contributed by atoms with Crippen molar-refractivity contribution in [1.29, 1.82) is 0 Å². The fourth-order valence-corrected chi connectivity index (χ4v) is 3.30. The molecule has 4 N–H and O–H groups in total. The van der Waals surface area contributed by atoms with Crippen molar-refractivity contribution in [2.45, 2.75) is 10.4 Å². The fraction of sp³-hybridized carbons (Fsp3) is 0.250. The number of carbonyl (C=O) groups excluding carboxylic acids is 2. The van der Waals surface area contributed by atoms with E-state index in [1.807, 2.05) is 24.3 Å². The molecule has 1 atom stereocenters. The van der Waals surface area contributed by atoms with Gasteiger partial charge in [0.1, 0.15) is 6.10 Å². The Balaban J connectivity index is 1.82. The lowest BCUT2D eigenvalue weighted by molar-refractivity contribution is -0.126. The molecule has 1 heterocycles. The van der Waals surface area contributed by atoms with Gasteiger partial charge in [-0.05, 0) is 12.1 Å². The zero-order valence-corrected chi connectivity index (χ0v) is 12.0. The maximum absolute atomic E-state index is 11.5. The van der Waals surface area contributed by atoms with Crippen LogP contribution in [0.25, 0.3) is 10.2 Å². The smallest absolute Gasteiger partial charge is 0.248 e. The van der Waals surface area contributed by atoms with Crippen molar-refractivity contribution in [1.82, 2.24) is 10.3 Å². The first-order chi connectivity index (χ1) is 9.56. The largest absolute Gasteiger partial charge is 0.381 e. The van der Waals surface area contributed by atoms with E-state index < -0.39 is 12.0 Å². The lowest BCUT2D eigenvalue weighted by Crippen LogP contribution is -2.40. The van der Waals surface area contributed by atoms with Crippen molar-refractivity contribution >= 4 is 45.1 Å². The van der Waals surface area contributed by atoms with Crippen LogP contribution in [-0.2, 0) is 9.59 Å². The van der Waals surface area contributed by atoms with Gasteiger partial charge in [-0.15, -0.1) is 11.3 Å². The van der Waals surface area contributed by atoms with Crippen molar-refractivity contribution in [2.24, 2.45) is 5.73 Å². The van der Waals surface area contributed by atoms with E-state index in [2.05, 4.69) is 10.3 Å². The Morgan fingerprint density at radius 1 is 1.45 bits per heavy atom. The van der Waals surface area contributed by atoms with Crippen LogP contribution < -0.4 is 11.1 Å². The third-order valence-electron chi connectivity index (χ3n) is 2.42. The van der Waals surface area contributed by atoms with E-state index in [0.717, 1.165) is 14.6 Å². The first-order valence-corrected chi connectivity index (χ1v) is 7.59. The van der Waals surface area contributed by atoms with Crippen LogP contribution in [0.1, 0.15) is 0 Å². The minimum Gasteiger partial charge on any atom is -0.381 e. The number of aliphatic hydroxyl groups excluding tert-OH is 1. The minimum atomic E-state index is -1.36. The van der Waals surface area contributed by atoms with Crippen LogP contribution in [0.5, 0.6) is 0 Å². The lowest BCUT2D eigenvalue weighted by Gasteiger charge is -2.07. The fourth-order valence-electron chi connectivity index (χ4n) is 1.40. The second kappa shape index (κ2) is 6.69. The SMILES string of the molecule is NC(=O)C(O)CNC(=O)CSc1nc2ccccc2s1. The van der Waals surface area contributed by atoms with Gasteiger partial charge in [-0.3, -0.25) is 9.59 Å². The number of nitrogens with one attached hydrogen (secondary N) is 1. The van der Waals surface area contributed by atoms with Gasteiger partial charge in [-0.2, -0.15) is 0 Å². The number of rotatable bonds is 6. The second-order valence-electron chi connectivity index (χ2n) is 3.96. The summed E-state index contributed by atoms with van der Waals surface area (Å²) in [7, 11) is 0. The van der Waals surface area contributed by atoms with Gasteiger partial charge in [0, 0.05) is 0 Å². The highest BCUT2D eigenvalue weighted by Crippen LogP contribution is 2.28. The third-order valence-corrected chi connectivity index (χ3v) is 4.60. The number of primary amides is 1. The number of benzene rings is 1. The number of aliphatic hydroxyl groups is 1. The van der Waals surface area contributed by atoms with E-state index in [-0.39, 0.29) is 18.2 Å². The van der Waals surface area contributed by atoms with Gasteiger partial charge >= 0.3 is 0 Å². The van der Waals surface area contributed by atoms with Gasteiger partial charge in [0.25, 0.3) is 0 Å². The summed E-state index contributed by atoms with van der Waals surface area (Å²) < 4.78 is 1.87. The normalized spacial score (nSPS) is 12.2. The van der Waals surface area contributed by atoms with Crippen molar-refractivity contribution in [3.63, 3.8) is 0 Å². The highest BCUT2D eigenvalue weighted by Gasteiger charge is 2.13. The van der Waals surface area contributed by atoms with Crippen LogP contribution in [0.3, 0.4) is 0 Å². The summed E-state index contributed by atoms with van der Waals surface area (Å²) in [5.74, 6) is -0.968. The van der Waals surface area contributed by atoms with Crippen molar-refractivity contribution in [3.05, 3.63) is 24.3 Å².